The molecule has 50 heavy (non-hydrogen) atoms. The number of carbonyl (C=O) groups is 4. The Morgan fingerprint density at radius 3 is 2.30 bits per heavy atom. The highest BCUT2D eigenvalue weighted by atomic mass is 35.5. The van der Waals surface area contributed by atoms with Gasteiger partial charge < -0.3 is 9.84 Å². The van der Waals surface area contributed by atoms with Crippen LogP contribution in [0.5, 0.6) is 11.5 Å². The Kier molecular flexibility index (Phi) is 7.53. The number of nitrogens with zero attached hydrogens (tertiary/aromatic N) is 2. The second kappa shape index (κ2) is 11.8. The van der Waals surface area contributed by atoms with E-state index in [1.807, 2.05) is 36.4 Å². The van der Waals surface area contributed by atoms with Gasteiger partial charge in [0.25, 0.3) is 0 Å². The lowest BCUT2D eigenvalue weighted by Crippen LogP contribution is -2.53. The SMILES string of the molecule is C=Cc1ccc(N2C(=O)C3CC=C4C(CC5C(=O)N(c6cccc(Cl)c6)C(=O)C5(c5ccccc5)C4c4cc(OC)ccc4O)C3C2=O)cc1. The fourth-order valence-electron chi connectivity index (χ4n) is 8.99. The Labute approximate surface area is 294 Å². The molecule has 4 aromatic rings. The Bertz CT molecular complexity index is 2130. The zero-order valence-corrected chi connectivity index (χ0v) is 27.9. The number of anilines is 2. The van der Waals surface area contributed by atoms with Crippen molar-refractivity contribution in [1.29, 1.82) is 0 Å². The quantitative estimate of drug-likeness (QED) is 0.172. The molecular weight excluding hydrogens is 652 g/mol. The Morgan fingerprint density at radius 1 is 0.840 bits per heavy atom. The first kappa shape index (κ1) is 31.8. The van der Waals surface area contributed by atoms with Gasteiger partial charge in [0.15, 0.2) is 0 Å². The number of ether oxygens (including phenoxy) is 1. The molecule has 1 N–H and O–H groups in total. The molecule has 6 atom stereocenters. The highest BCUT2D eigenvalue weighted by Gasteiger charge is 2.70. The molecule has 1 saturated carbocycles. The molecule has 9 heteroatoms. The number of hydrogen-bond acceptors (Lipinski definition) is 6. The first-order valence-electron chi connectivity index (χ1n) is 16.6. The van der Waals surface area contributed by atoms with Crippen LogP contribution in [0.25, 0.3) is 6.08 Å². The maximum Gasteiger partial charge on any atom is 0.246 e. The van der Waals surface area contributed by atoms with Gasteiger partial charge in [0.1, 0.15) is 11.5 Å². The van der Waals surface area contributed by atoms with Gasteiger partial charge in [-0.25, -0.2) is 4.90 Å². The minimum absolute atomic E-state index is 0.0762. The molecule has 0 spiro atoms. The topological polar surface area (TPSA) is 104 Å². The second-order valence-corrected chi connectivity index (χ2v) is 13.8. The lowest BCUT2D eigenvalue weighted by molar-refractivity contribution is -0.127. The molecule has 3 fully saturated rings. The van der Waals surface area contributed by atoms with Crippen molar-refractivity contribution in [2.45, 2.75) is 24.2 Å². The van der Waals surface area contributed by atoms with Gasteiger partial charge in [0.05, 0.1) is 41.7 Å². The van der Waals surface area contributed by atoms with Crippen LogP contribution in [0.15, 0.2) is 115 Å². The zero-order valence-electron chi connectivity index (χ0n) is 27.2. The molecule has 250 valence electrons. The van der Waals surface area contributed by atoms with E-state index < -0.39 is 46.8 Å². The summed E-state index contributed by atoms with van der Waals surface area (Å²) < 4.78 is 5.60. The number of amides is 4. The van der Waals surface area contributed by atoms with E-state index >= 15 is 4.79 Å². The number of halogens is 1. The molecule has 0 bridgehead atoms. The highest BCUT2D eigenvalue weighted by molar-refractivity contribution is 6.32. The second-order valence-electron chi connectivity index (χ2n) is 13.3. The van der Waals surface area contributed by atoms with Gasteiger partial charge in [-0.3, -0.25) is 24.1 Å². The van der Waals surface area contributed by atoms with E-state index in [1.165, 1.54) is 23.0 Å². The normalized spacial score (nSPS) is 27.1. The summed E-state index contributed by atoms with van der Waals surface area (Å²) in [6, 6.07) is 27.7. The minimum Gasteiger partial charge on any atom is -0.508 e. The van der Waals surface area contributed by atoms with Gasteiger partial charge in [-0.15, -0.1) is 0 Å². The number of phenols is 1. The molecule has 4 amide bonds. The molecule has 2 heterocycles. The number of aromatic hydroxyl groups is 1. The Balaban J connectivity index is 1.35. The number of phenolic OH excluding ortho intramolecular Hbond substituents is 1. The first-order chi connectivity index (χ1) is 24.2. The van der Waals surface area contributed by atoms with Gasteiger partial charge >= 0.3 is 0 Å². The number of rotatable bonds is 6. The third-order valence-corrected chi connectivity index (χ3v) is 11.3. The molecule has 4 aliphatic rings. The molecule has 0 aromatic heterocycles. The van der Waals surface area contributed by atoms with Gasteiger partial charge in [-0.2, -0.15) is 0 Å². The van der Waals surface area contributed by atoms with Gasteiger partial charge in [0.2, 0.25) is 23.6 Å². The van der Waals surface area contributed by atoms with E-state index in [0.717, 1.165) is 11.1 Å². The summed E-state index contributed by atoms with van der Waals surface area (Å²) in [6.07, 6.45) is 4.06. The van der Waals surface area contributed by atoms with Crippen molar-refractivity contribution in [2.75, 3.05) is 16.9 Å². The lowest BCUT2D eigenvalue weighted by Gasteiger charge is -2.50. The van der Waals surface area contributed by atoms with E-state index in [-0.39, 0.29) is 30.4 Å². The van der Waals surface area contributed by atoms with Crippen molar-refractivity contribution >= 4 is 52.7 Å². The van der Waals surface area contributed by atoms with Crippen molar-refractivity contribution in [1.82, 2.24) is 0 Å². The van der Waals surface area contributed by atoms with Crippen LogP contribution < -0.4 is 14.5 Å². The molecule has 2 aliphatic carbocycles. The molecule has 2 saturated heterocycles. The van der Waals surface area contributed by atoms with E-state index in [2.05, 4.69) is 6.58 Å². The standard InChI is InChI=1S/C41H33ClN2O6/c1-3-23-12-14-26(15-13-23)43-37(46)30-18-17-29-31(35(30)39(43)48)22-33-38(47)44(27-11-7-10-25(42)20-27)40(49)41(33,24-8-5-4-6-9-24)36(29)32-21-28(50-2)16-19-34(32)45/h3-17,19-21,30-31,33,35-36,45H,1,18,22H2,2H3. The third kappa shape index (κ3) is 4.44. The largest absolute Gasteiger partial charge is 0.508 e. The number of benzene rings is 4. The summed E-state index contributed by atoms with van der Waals surface area (Å²) in [5, 5.41) is 12.0. The predicted molar refractivity (Wildman–Crippen MR) is 190 cm³/mol. The van der Waals surface area contributed by atoms with Crippen LogP contribution in [0.3, 0.4) is 0 Å². The van der Waals surface area contributed by atoms with Crippen LogP contribution in [0, 0.1) is 23.7 Å². The van der Waals surface area contributed by atoms with Crippen LogP contribution in [-0.4, -0.2) is 35.8 Å². The Hall–Kier alpha value is -5.47. The number of fused-ring (bicyclic) bond motifs is 4. The number of hydrogen-bond donors (Lipinski definition) is 1. The van der Waals surface area contributed by atoms with Crippen LogP contribution in [-0.2, 0) is 24.6 Å². The van der Waals surface area contributed by atoms with Crippen LogP contribution >= 0.6 is 11.6 Å². The molecular formula is C41H33ClN2O6. The van der Waals surface area contributed by atoms with Crippen LogP contribution in [0.2, 0.25) is 5.02 Å². The molecule has 0 radical (unpaired) electrons. The summed E-state index contributed by atoms with van der Waals surface area (Å²) in [6.45, 7) is 3.79. The molecule has 6 unspecified atom stereocenters. The molecule has 8 nitrogen and oxygen atoms in total. The summed E-state index contributed by atoms with van der Waals surface area (Å²) in [4.78, 5) is 61.2. The number of allylic oxidation sites excluding steroid dienone is 2. The minimum atomic E-state index is -1.51. The number of carbonyl (C=O) groups excluding carboxylic acids is 4. The monoisotopic (exact) mass is 684 g/mol. The summed E-state index contributed by atoms with van der Waals surface area (Å²) >= 11 is 6.39. The summed E-state index contributed by atoms with van der Waals surface area (Å²) in [7, 11) is 1.52. The van der Waals surface area contributed by atoms with E-state index in [0.29, 0.717) is 33.3 Å². The van der Waals surface area contributed by atoms with E-state index in [4.69, 9.17) is 16.3 Å². The lowest BCUT2D eigenvalue weighted by atomic mass is 9.49. The van der Waals surface area contributed by atoms with Crippen molar-refractivity contribution < 1.29 is 29.0 Å². The maximum atomic E-state index is 15.3. The predicted octanol–water partition coefficient (Wildman–Crippen LogP) is 7.06. The van der Waals surface area contributed by atoms with E-state index in [1.54, 1.807) is 66.7 Å². The van der Waals surface area contributed by atoms with Crippen molar-refractivity contribution in [3.63, 3.8) is 0 Å². The molecule has 4 aromatic carbocycles. The first-order valence-corrected chi connectivity index (χ1v) is 16.9. The fraction of sp³-hybridized carbons (Fsp3) is 0.220. The number of imide groups is 2. The van der Waals surface area contributed by atoms with Crippen molar-refractivity contribution in [3.05, 3.63) is 137 Å². The van der Waals surface area contributed by atoms with Gasteiger partial charge in [0, 0.05) is 16.5 Å². The van der Waals surface area contributed by atoms with Crippen molar-refractivity contribution in [2.24, 2.45) is 23.7 Å². The average Bonchev–Trinajstić information content (AvgIpc) is 3.53. The van der Waals surface area contributed by atoms with Gasteiger partial charge in [-0.1, -0.05) is 84.4 Å². The number of methoxy groups -OCH3 is 1. The Morgan fingerprint density at radius 2 is 1.60 bits per heavy atom. The fourth-order valence-corrected chi connectivity index (χ4v) is 9.18. The molecule has 8 rings (SSSR count). The summed E-state index contributed by atoms with van der Waals surface area (Å²) in [5.74, 6) is -4.95. The average molecular weight is 685 g/mol. The zero-order chi connectivity index (χ0) is 34.9. The van der Waals surface area contributed by atoms with E-state index in [9.17, 15) is 19.5 Å². The summed E-state index contributed by atoms with van der Waals surface area (Å²) in [5.41, 5.74) is 1.90. The van der Waals surface area contributed by atoms with Crippen LogP contribution in [0.4, 0.5) is 11.4 Å². The third-order valence-electron chi connectivity index (χ3n) is 11.1. The highest BCUT2D eigenvalue weighted by Crippen LogP contribution is 2.65. The smallest absolute Gasteiger partial charge is 0.246 e. The van der Waals surface area contributed by atoms with Crippen LogP contribution in [0.1, 0.15) is 35.4 Å². The molecule has 2 aliphatic heterocycles. The van der Waals surface area contributed by atoms with Gasteiger partial charge in [-0.05, 0) is 78.4 Å². The van der Waals surface area contributed by atoms with Crippen molar-refractivity contribution in [3.8, 4) is 11.5 Å². The maximum absolute atomic E-state index is 15.3.